The monoisotopic (exact) mass is 484 g/mol. The van der Waals surface area contributed by atoms with E-state index in [0.717, 1.165) is 54.7 Å². The van der Waals surface area contributed by atoms with E-state index in [1.807, 2.05) is 35.7 Å². The van der Waals surface area contributed by atoms with E-state index >= 15 is 0 Å². The van der Waals surface area contributed by atoms with E-state index in [4.69, 9.17) is 16.3 Å². The van der Waals surface area contributed by atoms with Gasteiger partial charge in [-0.1, -0.05) is 29.5 Å². The van der Waals surface area contributed by atoms with Crippen molar-refractivity contribution in [2.24, 2.45) is 5.41 Å². The zero-order valence-electron chi connectivity index (χ0n) is 18.8. The summed E-state index contributed by atoms with van der Waals surface area (Å²) in [5, 5.41) is 24.6. The number of ether oxygens (including phenoxy) is 1. The van der Waals surface area contributed by atoms with Crippen LogP contribution in [0.5, 0.6) is 5.75 Å². The molecule has 1 aromatic carbocycles. The van der Waals surface area contributed by atoms with Gasteiger partial charge in [0, 0.05) is 23.8 Å². The molecule has 2 aromatic heterocycles. The van der Waals surface area contributed by atoms with Crippen molar-refractivity contribution in [2.45, 2.75) is 31.8 Å². The van der Waals surface area contributed by atoms with Crippen molar-refractivity contribution < 1.29 is 14.9 Å². The Hall–Kier alpha value is -2.14. The van der Waals surface area contributed by atoms with Crippen LogP contribution in [0.15, 0.2) is 41.9 Å². The number of hydrogen-bond acceptors (Lipinski definition) is 6. The molecular formula is C26H29ClN2O3S. The number of benzene rings is 1. The first-order chi connectivity index (χ1) is 16.0. The molecule has 0 aliphatic carbocycles. The second kappa shape index (κ2) is 10.9. The summed E-state index contributed by atoms with van der Waals surface area (Å²) in [7, 11) is 1.61. The van der Waals surface area contributed by atoms with Crippen molar-refractivity contribution in [1.29, 1.82) is 0 Å². The zero-order valence-corrected chi connectivity index (χ0v) is 20.3. The number of likely N-dealkylation sites (tertiary alicyclic amines) is 1. The maximum atomic E-state index is 11.1. The number of fused-ring (bicyclic) bond motifs is 1. The van der Waals surface area contributed by atoms with Crippen LogP contribution in [0.2, 0.25) is 5.02 Å². The fourth-order valence-corrected chi connectivity index (χ4v) is 5.35. The molecule has 4 rings (SSSR count). The van der Waals surface area contributed by atoms with Crippen molar-refractivity contribution in [3.63, 3.8) is 0 Å². The van der Waals surface area contributed by atoms with Crippen LogP contribution in [-0.4, -0.2) is 53.4 Å². The molecule has 174 valence electrons. The Balaban J connectivity index is 1.39. The van der Waals surface area contributed by atoms with Gasteiger partial charge in [-0.3, -0.25) is 9.88 Å². The Kier molecular flexibility index (Phi) is 7.90. The van der Waals surface area contributed by atoms with Crippen LogP contribution in [0.3, 0.4) is 0 Å². The Morgan fingerprint density at radius 2 is 2.12 bits per heavy atom. The van der Waals surface area contributed by atoms with Gasteiger partial charge in [0.25, 0.3) is 0 Å². The van der Waals surface area contributed by atoms with Crippen molar-refractivity contribution in [3.8, 4) is 17.6 Å². The van der Waals surface area contributed by atoms with Gasteiger partial charge in [-0.15, -0.1) is 11.3 Å². The van der Waals surface area contributed by atoms with Crippen molar-refractivity contribution in [3.05, 3.63) is 57.4 Å². The standard InChI is InChI=1S/C26H29ClN2O3S/c1-32-19-6-7-23-21(16-19)25(22(27)17-28-23)24(31)8-9-26(18-30)10-13-29(14-11-26)12-2-4-20-5-3-15-33-20/h3,5-7,15-17,24,30-31H,8-14,18H2,1H3. The highest BCUT2D eigenvalue weighted by Gasteiger charge is 2.34. The number of methoxy groups -OCH3 is 1. The van der Waals surface area contributed by atoms with Gasteiger partial charge in [-0.2, -0.15) is 0 Å². The molecule has 1 aliphatic rings. The van der Waals surface area contributed by atoms with Crippen LogP contribution in [-0.2, 0) is 0 Å². The molecule has 1 fully saturated rings. The number of rotatable bonds is 7. The minimum atomic E-state index is -0.742. The number of halogens is 1. The number of nitrogens with zero attached hydrogens (tertiary/aromatic N) is 2. The lowest BCUT2D eigenvalue weighted by molar-refractivity contribution is 0.0273. The number of hydrogen-bond donors (Lipinski definition) is 2. The molecule has 0 amide bonds. The summed E-state index contributed by atoms with van der Waals surface area (Å²) in [6.45, 7) is 2.65. The Morgan fingerprint density at radius 3 is 2.82 bits per heavy atom. The van der Waals surface area contributed by atoms with E-state index < -0.39 is 6.10 Å². The van der Waals surface area contributed by atoms with Gasteiger partial charge in [0.15, 0.2) is 0 Å². The molecule has 0 saturated carbocycles. The smallest absolute Gasteiger partial charge is 0.119 e. The SMILES string of the molecule is COc1ccc2ncc(Cl)c(C(O)CCC3(CO)CCN(CC#Cc4cccs4)CC3)c2c1. The van der Waals surface area contributed by atoms with Gasteiger partial charge < -0.3 is 14.9 Å². The molecule has 1 aliphatic heterocycles. The molecule has 0 spiro atoms. The third-order valence-electron chi connectivity index (χ3n) is 6.64. The van der Waals surface area contributed by atoms with E-state index in [1.165, 1.54) is 0 Å². The molecule has 0 radical (unpaired) electrons. The maximum absolute atomic E-state index is 11.1. The molecule has 0 bridgehead atoms. The number of aliphatic hydroxyl groups excluding tert-OH is 2. The zero-order chi connectivity index (χ0) is 23.3. The molecule has 1 saturated heterocycles. The Bertz CT molecular complexity index is 1130. The topological polar surface area (TPSA) is 65.8 Å². The summed E-state index contributed by atoms with van der Waals surface area (Å²) in [6.07, 6.45) is 3.86. The van der Waals surface area contributed by atoms with Gasteiger partial charge in [0.1, 0.15) is 5.75 Å². The third-order valence-corrected chi connectivity index (χ3v) is 7.72. The van der Waals surface area contributed by atoms with Crippen LogP contribution < -0.4 is 4.74 Å². The molecule has 3 heterocycles. The number of pyridine rings is 1. The number of thiophene rings is 1. The average molecular weight is 485 g/mol. The minimum Gasteiger partial charge on any atom is -0.497 e. The van der Waals surface area contributed by atoms with E-state index in [0.29, 0.717) is 22.8 Å². The predicted octanol–water partition coefficient (Wildman–Crippen LogP) is 4.90. The quantitative estimate of drug-likeness (QED) is 0.467. The van der Waals surface area contributed by atoms with E-state index in [2.05, 4.69) is 21.7 Å². The van der Waals surface area contributed by atoms with Crippen LogP contribution in [0.1, 0.15) is 42.2 Å². The first-order valence-corrected chi connectivity index (χ1v) is 12.5. The fraction of sp³-hybridized carbons (Fsp3) is 0.423. The maximum Gasteiger partial charge on any atom is 0.119 e. The molecule has 5 nitrogen and oxygen atoms in total. The lowest BCUT2D eigenvalue weighted by Gasteiger charge is -2.40. The van der Waals surface area contributed by atoms with Gasteiger partial charge in [0.05, 0.1) is 35.2 Å². The summed E-state index contributed by atoms with van der Waals surface area (Å²) in [5.74, 6) is 7.17. The Morgan fingerprint density at radius 1 is 1.30 bits per heavy atom. The highest BCUT2D eigenvalue weighted by molar-refractivity contribution is 7.10. The molecular weight excluding hydrogens is 456 g/mol. The van der Waals surface area contributed by atoms with Crippen LogP contribution in [0.4, 0.5) is 0 Å². The number of aliphatic hydroxyl groups is 2. The number of aromatic nitrogens is 1. The average Bonchev–Trinajstić information content (AvgIpc) is 3.36. The molecule has 3 aromatic rings. The minimum absolute atomic E-state index is 0.118. The van der Waals surface area contributed by atoms with Crippen molar-refractivity contribution in [1.82, 2.24) is 9.88 Å². The van der Waals surface area contributed by atoms with Gasteiger partial charge >= 0.3 is 0 Å². The van der Waals surface area contributed by atoms with E-state index in [9.17, 15) is 10.2 Å². The Labute approximate surface area is 204 Å². The normalized spacial score (nSPS) is 16.8. The lowest BCUT2D eigenvalue weighted by Crippen LogP contribution is -2.42. The second-order valence-corrected chi connectivity index (χ2v) is 10.0. The summed E-state index contributed by atoms with van der Waals surface area (Å²) in [5.41, 5.74) is 1.25. The second-order valence-electron chi connectivity index (χ2n) is 8.67. The van der Waals surface area contributed by atoms with Crippen molar-refractivity contribution >= 4 is 33.8 Å². The predicted molar refractivity (Wildman–Crippen MR) is 134 cm³/mol. The van der Waals surface area contributed by atoms with E-state index in [1.54, 1.807) is 24.6 Å². The van der Waals surface area contributed by atoms with E-state index in [-0.39, 0.29) is 12.0 Å². The molecule has 2 N–H and O–H groups in total. The highest BCUT2D eigenvalue weighted by atomic mass is 35.5. The summed E-state index contributed by atoms with van der Waals surface area (Å²) >= 11 is 8.11. The highest BCUT2D eigenvalue weighted by Crippen LogP contribution is 2.40. The molecule has 1 unspecified atom stereocenters. The first-order valence-electron chi connectivity index (χ1n) is 11.2. The molecule has 33 heavy (non-hydrogen) atoms. The van der Waals surface area contributed by atoms with Crippen LogP contribution in [0.25, 0.3) is 10.9 Å². The van der Waals surface area contributed by atoms with Crippen molar-refractivity contribution in [2.75, 3.05) is 33.4 Å². The van der Waals surface area contributed by atoms with Crippen LogP contribution >= 0.6 is 22.9 Å². The summed E-state index contributed by atoms with van der Waals surface area (Å²) in [6, 6.07) is 9.62. The summed E-state index contributed by atoms with van der Waals surface area (Å²) in [4.78, 5) is 7.80. The largest absolute Gasteiger partial charge is 0.497 e. The molecule has 7 heteroatoms. The van der Waals surface area contributed by atoms with Gasteiger partial charge in [0.2, 0.25) is 0 Å². The van der Waals surface area contributed by atoms with Crippen LogP contribution in [0, 0.1) is 17.3 Å². The van der Waals surface area contributed by atoms with Gasteiger partial charge in [-0.05, 0) is 73.8 Å². The summed E-state index contributed by atoms with van der Waals surface area (Å²) < 4.78 is 5.35. The third kappa shape index (κ3) is 5.68. The molecule has 1 atom stereocenters. The van der Waals surface area contributed by atoms with Gasteiger partial charge in [-0.25, -0.2) is 0 Å². The fourth-order valence-electron chi connectivity index (χ4n) is 4.48. The first kappa shape index (κ1) is 24.0. The lowest BCUT2D eigenvalue weighted by atomic mass is 9.74. The number of piperidine rings is 1.